The minimum Gasteiger partial charge on any atom is -0.381 e. The average molecular weight is 454 g/mol. The van der Waals surface area contributed by atoms with Gasteiger partial charge in [-0.1, -0.05) is 46.3 Å². The van der Waals surface area contributed by atoms with Crippen LogP contribution in [0.5, 0.6) is 0 Å². The summed E-state index contributed by atoms with van der Waals surface area (Å²) in [6.45, 7) is 3.91. The smallest absolute Gasteiger partial charge is 0.271 e. The fourth-order valence-electron chi connectivity index (χ4n) is 3.90. The molecular formula is C23H24BrN3O2. The highest BCUT2D eigenvalue weighted by molar-refractivity contribution is 9.10. The van der Waals surface area contributed by atoms with Gasteiger partial charge in [-0.15, -0.1) is 0 Å². The van der Waals surface area contributed by atoms with Crippen molar-refractivity contribution in [2.24, 2.45) is 0 Å². The Bertz CT molecular complexity index is 994. The SMILES string of the molecule is Cc1cc(C(=O)NCC2(c3cccc(Br)c3)CCOCC2)nn1-c1ccccc1. The molecular weight excluding hydrogens is 430 g/mol. The van der Waals surface area contributed by atoms with Crippen LogP contribution in [0.2, 0.25) is 0 Å². The molecule has 1 aromatic heterocycles. The lowest BCUT2D eigenvalue weighted by atomic mass is 9.74. The minimum atomic E-state index is -0.149. The average Bonchev–Trinajstić information content (AvgIpc) is 3.15. The summed E-state index contributed by atoms with van der Waals surface area (Å²) in [4.78, 5) is 12.9. The van der Waals surface area contributed by atoms with Gasteiger partial charge in [-0.3, -0.25) is 4.79 Å². The van der Waals surface area contributed by atoms with Crippen molar-refractivity contribution in [2.45, 2.75) is 25.2 Å². The predicted molar refractivity (Wildman–Crippen MR) is 117 cm³/mol. The molecule has 2 aromatic carbocycles. The number of carbonyl (C=O) groups excluding carboxylic acids is 1. The molecule has 1 aliphatic heterocycles. The van der Waals surface area contributed by atoms with Crippen molar-refractivity contribution in [1.82, 2.24) is 15.1 Å². The quantitative estimate of drug-likeness (QED) is 0.621. The Morgan fingerprint density at radius 1 is 1.14 bits per heavy atom. The summed E-state index contributed by atoms with van der Waals surface area (Å²) in [6, 6.07) is 20.0. The number of carbonyl (C=O) groups is 1. The van der Waals surface area contributed by atoms with Crippen molar-refractivity contribution in [3.63, 3.8) is 0 Å². The number of benzene rings is 2. The van der Waals surface area contributed by atoms with E-state index in [0.29, 0.717) is 25.5 Å². The lowest BCUT2D eigenvalue weighted by Gasteiger charge is -2.38. The largest absolute Gasteiger partial charge is 0.381 e. The van der Waals surface area contributed by atoms with E-state index in [0.717, 1.165) is 28.7 Å². The number of amides is 1. The third-order valence-corrected chi connectivity index (χ3v) is 6.09. The van der Waals surface area contributed by atoms with Gasteiger partial charge in [-0.25, -0.2) is 4.68 Å². The molecule has 150 valence electrons. The van der Waals surface area contributed by atoms with Gasteiger partial charge >= 0.3 is 0 Å². The van der Waals surface area contributed by atoms with Crippen molar-refractivity contribution in [1.29, 1.82) is 0 Å². The van der Waals surface area contributed by atoms with Crippen LogP contribution in [0.25, 0.3) is 5.69 Å². The van der Waals surface area contributed by atoms with Crippen LogP contribution >= 0.6 is 15.9 Å². The van der Waals surface area contributed by atoms with Gasteiger partial charge in [0.05, 0.1) is 5.69 Å². The lowest BCUT2D eigenvalue weighted by Crippen LogP contribution is -2.44. The Hall–Kier alpha value is -2.44. The second-order valence-corrected chi connectivity index (χ2v) is 8.42. The number of nitrogens with one attached hydrogen (secondary N) is 1. The van der Waals surface area contributed by atoms with Gasteiger partial charge < -0.3 is 10.1 Å². The number of aromatic nitrogens is 2. The van der Waals surface area contributed by atoms with Gasteiger partial charge in [0, 0.05) is 35.3 Å². The number of rotatable bonds is 5. The number of hydrogen-bond donors (Lipinski definition) is 1. The van der Waals surface area contributed by atoms with Crippen LogP contribution in [0, 0.1) is 6.92 Å². The van der Waals surface area contributed by atoms with Crippen molar-refractivity contribution in [2.75, 3.05) is 19.8 Å². The van der Waals surface area contributed by atoms with Crippen LogP contribution in [-0.4, -0.2) is 35.4 Å². The summed E-state index contributed by atoms with van der Waals surface area (Å²) in [7, 11) is 0. The van der Waals surface area contributed by atoms with Crippen LogP contribution in [0.3, 0.4) is 0 Å². The minimum absolute atomic E-state index is 0.130. The molecule has 29 heavy (non-hydrogen) atoms. The Labute approximate surface area is 179 Å². The zero-order chi connectivity index (χ0) is 20.3. The molecule has 0 saturated carbocycles. The molecule has 5 nitrogen and oxygen atoms in total. The van der Waals surface area contributed by atoms with Gasteiger partial charge in [0.25, 0.3) is 5.91 Å². The van der Waals surface area contributed by atoms with Crippen LogP contribution in [0.4, 0.5) is 0 Å². The molecule has 1 aliphatic rings. The number of hydrogen-bond acceptors (Lipinski definition) is 3. The molecule has 0 bridgehead atoms. The first kappa shape index (κ1) is 19.9. The highest BCUT2D eigenvalue weighted by atomic mass is 79.9. The number of aryl methyl sites for hydroxylation is 1. The Morgan fingerprint density at radius 3 is 2.62 bits per heavy atom. The first-order chi connectivity index (χ1) is 14.1. The van der Waals surface area contributed by atoms with E-state index in [1.54, 1.807) is 4.68 Å². The molecule has 1 fully saturated rings. The second kappa shape index (κ2) is 8.51. The molecule has 3 aromatic rings. The molecule has 6 heteroatoms. The molecule has 0 atom stereocenters. The molecule has 1 amide bonds. The zero-order valence-corrected chi connectivity index (χ0v) is 18.0. The van der Waals surface area contributed by atoms with Gasteiger partial charge in [0.15, 0.2) is 5.69 Å². The summed E-state index contributed by atoms with van der Waals surface area (Å²) >= 11 is 3.57. The van der Waals surface area contributed by atoms with Crippen molar-refractivity contribution < 1.29 is 9.53 Å². The maximum atomic E-state index is 12.9. The van der Waals surface area contributed by atoms with Gasteiger partial charge in [-0.2, -0.15) is 5.10 Å². The summed E-state index contributed by atoms with van der Waals surface area (Å²) in [5, 5.41) is 7.66. The molecule has 2 heterocycles. The fourth-order valence-corrected chi connectivity index (χ4v) is 4.30. The Morgan fingerprint density at radius 2 is 1.90 bits per heavy atom. The maximum absolute atomic E-state index is 12.9. The number of halogens is 1. The zero-order valence-electron chi connectivity index (χ0n) is 16.4. The number of para-hydroxylation sites is 1. The molecule has 4 rings (SSSR count). The third-order valence-electron chi connectivity index (χ3n) is 5.60. The van der Waals surface area contributed by atoms with E-state index in [1.807, 2.05) is 55.5 Å². The summed E-state index contributed by atoms with van der Waals surface area (Å²) in [5.41, 5.74) is 3.40. The van der Waals surface area contributed by atoms with Crippen LogP contribution in [0.1, 0.15) is 34.6 Å². The fraction of sp³-hybridized carbons (Fsp3) is 0.304. The van der Waals surface area contributed by atoms with E-state index in [-0.39, 0.29) is 11.3 Å². The first-order valence-corrected chi connectivity index (χ1v) is 10.6. The molecule has 0 aliphatic carbocycles. The number of nitrogens with zero attached hydrogens (tertiary/aromatic N) is 2. The van der Waals surface area contributed by atoms with E-state index >= 15 is 0 Å². The predicted octanol–water partition coefficient (Wildman–Crippen LogP) is 4.42. The van der Waals surface area contributed by atoms with Crippen molar-refractivity contribution in [3.8, 4) is 5.69 Å². The van der Waals surface area contributed by atoms with Crippen LogP contribution in [0.15, 0.2) is 65.1 Å². The van der Waals surface area contributed by atoms with E-state index in [2.05, 4.69) is 38.5 Å². The van der Waals surface area contributed by atoms with Crippen LogP contribution in [-0.2, 0) is 10.2 Å². The van der Waals surface area contributed by atoms with Crippen LogP contribution < -0.4 is 5.32 Å². The molecule has 1 saturated heterocycles. The molecule has 0 unspecified atom stereocenters. The molecule has 1 N–H and O–H groups in total. The Balaban J connectivity index is 1.53. The standard InChI is InChI=1S/C23H24BrN3O2/c1-17-14-21(26-27(17)20-8-3-2-4-9-20)22(28)25-16-23(10-12-29-13-11-23)18-6-5-7-19(24)15-18/h2-9,14-15H,10-13,16H2,1H3,(H,25,28). The maximum Gasteiger partial charge on any atom is 0.271 e. The first-order valence-electron chi connectivity index (χ1n) is 9.81. The van der Waals surface area contributed by atoms with Crippen molar-refractivity contribution >= 4 is 21.8 Å². The summed E-state index contributed by atoms with van der Waals surface area (Å²) in [6.07, 6.45) is 1.75. The van der Waals surface area contributed by atoms with E-state index in [9.17, 15) is 4.79 Å². The topological polar surface area (TPSA) is 56.1 Å². The monoisotopic (exact) mass is 453 g/mol. The lowest BCUT2D eigenvalue weighted by molar-refractivity contribution is 0.0486. The number of ether oxygens (including phenoxy) is 1. The van der Waals surface area contributed by atoms with E-state index in [4.69, 9.17) is 4.74 Å². The highest BCUT2D eigenvalue weighted by Crippen LogP contribution is 2.35. The van der Waals surface area contributed by atoms with Gasteiger partial charge in [0.2, 0.25) is 0 Å². The summed E-state index contributed by atoms with van der Waals surface area (Å²) < 4.78 is 8.44. The van der Waals surface area contributed by atoms with E-state index < -0.39 is 0 Å². The molecule has 0 spiro atoms. The normalized spacial score (nSPS) is 15.8. The Kier molecular flexibility index (Phi) is 5.83. The van der Waals surface area contributed by atoms with Gasteiger partial charge in [-0.05, 0) is 55.7 Å². The third kappa shape index (κ3) is 4.28. The molecule has 0 radical (unpaired) electrons. The van der Waals surface area contributed by atoms with Crippen molar-refractivity contribution in [3.05, 3.63) is 82.1 Å². The van der Waals surface area contributed by atoms with E-state index in [1.165, 1.54) is 5.56 Å². The highest BCUT2D eigenvalue weighted by Gasteiger charge is 2.35. The summed E-state index contributed by atoms with van der Waals surface area (Å²) in [5.74, 6) is -0.149. The second-order valence-electron chi connectivity index (χ2n) is 7.50. The van der Waals surface area contributed by atoms with Gasteiger partial charge in [0.1, 0.15) is 0 Å².